The average molecular weight is 376 g/mol. The van der Waals surface area contributed by atoms with E-state index in [1.54, 1.807) is 12.3 Å². The largest absolute Gasteiger partial charge is 0.354 e. The zero-order valence-electron chi connectivity index (χ0n) is 14.3. The van der Waals surface area contributed by atoms with Crippen LogP contribution in [-0.4, -0.2) is 56.9 Å². The van der Waals surface area contributed by atoms with E-state index in [4.69, 9.17) is 0 Å². The molecule has 0 radical (unpaired) electrons. The van der Waals surface area contributed by atoms with Gasteiger partial charge < -0.3 is 4.90 Å². The van der Waals surface area contributed by atoms with Gasteiger partial charge in [-0.05, 0) is 30.3 Å². The molecule has 26 heavy (non-hydrogen) atoms. The first-order chi connectivity index (χ1) is 12.5. The van der Waals surface area contributed by atoms with E-state index in [0.29, 0.717) is 26.2 Å². The van der Waals surface area contributed by atoms with Crippen molar-refractivity contribution in [2.75, 3.05) is 38.2 Å². The molecule has 0 unspecified atom stereocenters. The molecule has 1 N–H and O–H groups in total. The second-order valence-electron chi connectivity index (χ2n) is 5.74. The fourth-order valence-corrected chi connectivity index (χ4v) is 4.27. The predicted molar refractivity (Wildman–Crippen MR) is 96.1 cm³/mol. The maximum Gasteiger partial charge on any atom is 0.274 e. The average Bonchev–Trinajstić information content (AvgIpc) is 2.69. The van der Waals surface area contributed by atoms with E-state index >= 15 is 0 Å². The van der Waals surface area contributed by atoms with Crippen LogP contribution in [0, 0.1) is 0 Å². The van der Waals surface area contributed by atoms with E-state index < -0.39 is 15.9 Å². The summed E-state index contributed by atoms with van der Waals surface area (Å²) in [5, 5.41) is 0. The summed E-state index contributed by atoms with van der Waals surface area (Å²) in [6.07, 6.45) is 1.72. The number of pyridine rings is 1. The third kappa shape index (κ3) is 3.85. The molecule has 1 aromatic heterocycles. The Balaban J connectivity index is 1.73. The lowest BCUT2D eigenvalue weighted by Gasteiger charge is -2.34. The number of hydrogen-bond donors (Lipinski definition) is 1. The smallest absolute Gasteiger partial charge is 0.274 e. The molecule has 0 aliphatic carbocycles. The molecule has 1 saturated heterocycles. The van der Waals surface area contributed by atoms with Crippen LogP contribution in [0.15, 0.2) is 53.6 Å². The molecule has 9 heteroatoms. The van der Waals surface area contributed by atoms with Crippen molar-refractivity contribution < 1.29 is 18.0 Å². The summed E-state index contributed by atoms with van der Waals surface area (Å²) >= 11 is 0. The predicted octanol–water partition coefficient (Wildman–Crippen LogP) is 0.884. The summed E-state index contributed by atoms with van der Waals surface area (Å²) in [7, 11) is -2.35. The van der Waals surface area contributed by atoms with Crippen LogP contribution in [0.3, 0.4) is 0 Å². The normalized spacial score (nSPS) is 15.7. The zero-order chi connectivity index (χ0) is 18.6. The van der Waals surface area contributed by atoms with Crippen LogP contribution in [0.5, 0.6) is 0 Å². The second kappa shape index (κ2) is 7.81. The zero-order valence-corrected chi connectivity index (χ0v) is 15.1. The summed E-state index contributed by atoms with van der Waals surface area (Å²) in [5.41, 5.74) is 2.41. The van der Waals surface area contributed by atoms with Crippen LogP contribution in [-0.2, 0) is 14.9 Å². The van der Waals surface area contributed by atoms with E-state index in [-0.39, 0.29) is 10.5 Å². The van der Waals surface area contributed by atoms with Crippen LogP contribution < -0.4 is 10.4 Å². The highest BCUT2D eigenvalue weighted by Gasteiger charge is 2.29. The molecule has 8 nitrogen and oxygen atoms in total. The Labute approximate surface area is 152 Å². The molecule has 1 fully saturated rings. The number of hydrogen-bond acceptors (Lipinski definition) is 6. The van der Waals surface area contributed by atoms with Crippen LogP contribution in [0.2, 0.25) is 0 Å². The number of carbonyl (C=O) groups is 1. The highest BCUT2D eigenvalue weighted by Crippen LogP contribution is 2.20. The molecule has 2 aromatic rings. The Kier molecular flexibility index (Phi) is 5.50. The van der Waals surface area contributed by atoms with Gasteiger partial charge in [-0.3, -0.25) is 9.63 Å². The van der Waals surface area contributed by atoms with E-state index in [2.05, 4.69) is 20.2 Å². The third-order valence-corrected chi connectivity index (χ3v) is 6.04. The lowest BCUT2D eigenvalue weighted by atomic mass is 10.2. The van der Waals surface area contributed by atoms with Gasteiger partial charge in [0, 0.05) is 37.9 Å². The quantitative estimate of drug-likeness (QED) is 0.779. The molecule has 3 rings (SSSR count). The van der Waals surface area contributed by atoms with Crippen molar-refractivity contribution in [2.24, 2.45) is 0 Å². The molecule has 1 amide bonds. The van der Waals surface area contributed by atoms with E-state index in [1.807, 2.05) is 18.2 Å². The Morgan fingerprint density at radius 1 is 1.12 bits per heavy atom. The maximum atomic E-state index is 12.9. The van der Waals surface area contributed by atoms with Gasteiger partial charge in [-0.15, -0.1) is 0 Å². The second-order valence-corrected chi connectivity index (χ2v) is 7.68. The number of piperazine rings is 1. The molecule has 1 aliphatic rings. The summed E-state index contributed by atoms with van der Waals surface area (Å²) < 4.78 is 27.2. The minimum Gasteiger partial charge on any atom is -0.354 e. The number of carbonyl (C=O) groups excluding carboxylic acids is 1. The Hall–Kier alpha value is -2.49. The van der Waals surface area contributed by atoms with E-state index in [9.17, 15) is 13.2 Å². The standard InChI is InChI=1S/C17H20N4O4S/c1-25-19-17(22)14-5-4-6-15(13-14)26(23,24)21-11-9-20(10-12-21)16-7-2-3-8-18-16/h2-8,13H,9-12H2,1H3,(H,19,22). The molecule has 0 bridgehead atoms. The first-order valence-corrected chi connectivity index (χ1v) is 9.56. The van der Waals surface area contributed by atoms with E-state index in [1.165, 1.54) is 29.6 Å². The maximum absolute atomic E-state index is 12.9. The van der Waals surface area contributed by atoms with Gasteiger partial charge in [-0.25, -0.2) is 18.9 Å². The number of aromatic nitrogens is 1. The Morgan fingerprint density at radius 3 is 2.54 bits per heavy atom. The molecule has 1 aromatic carbocycles. The SMILES string of the molecule is CONC(=O)c1cccc(S(=O)(=O)N2CCN(c3ccccn3)CC2)c1. The molecular formula is C17H20N4O4S. The van der Waals surface area contributed by atoms with Crippen molar-refractivity contribution in [3.63, 3.8) is 0 Å². The van der Waals surface area contributed by atoms with Crippen molar-refractivity contribution in [3.8, 4) is 0 Å². The van der Waals surface area contributed by atoms with Crippen molar-refractivity contribution in [1.29, 1.82) is 0 Å². The highest BCUT2D eigenvalue weighted by atomic mass is 32.2. The summed E-state index contributed by atoms with van der Waals surface area (Å²) in [5.74, 6) is 0.340. The topological polar surface area (TPSA) is 91.8 Å². The van der Waals surface area contributed by atoms with Crippen LogP contribution in [0.4, 0.5) is 5.82 Å². The molecule has 0 atom stereocenters. The minimum absolute atomic E-state index is 0.0903. The Bertz CT molecular complexity index is 865. The molecule has 0 saturated carbocycles. The summed E-state index contributed by atoms with van der Waals surface area (Å²) in [6.45, 7) is 1.82. The summed E-state index contributed by atoms with van der Waals surface area (Å²) in [6, 6.07) is 11.6. The van der Waals surface area contributed by atoms with Crippen molar-refractivity contribution >= 4 is 21.7 Å². The van der Waals surface area contributed by atoms with Crippen molar-refractivity contribution in [1.82, 2.24) is 14.8 Å². The first-order valence-electron chi connectivity index (χ1n) is 8.12. The van der Waals surface area contributed by atoms with Gasteiger partial charge in [0.05, 0.1) is 12.0 Å². The van der Waals surface area contributed by atoms with Crippen LogP contribution in [0.1, 0.15) is 10.4 Å². The van der Waals surface area contributed by atoms with Gasteiger partial charge in [0.15, 0.2) is 0 Å². The fourth-order valence-electron chi connectivity index (χ4n) is 2.80. The number of amides is 1. The van der Waals surface area contributed by atoms with Gasteiger partial charge in [-0.1, -0.05) is 12.1 Å². The van der Waals surface area contributed by atoms with Crippen molar-refractivity contribution in [3.05, 3.63) is 54.2 Å². The monoisotopic (exact) mass is 376 g/mol. The fraction of sp³-hybridized carbons (Fsp3) is 0.294. The van der Waals surface area contributed by atoms with Crippen molar-refractivity contribution in [2.45, 2.75) is 4.90 Å². The molecule has 1 aliphatic heterocycles. The first kappa shape index (κ1) is 18.3. The van der Waals surface area contributed by atoms with Crippen LogP contribution in [0.25, 0.3) is 0 Å². The molecule has 0 spiro atoms. The Morgan fingerprint density at radius 2 is 1.88 bits per heavy atom. The van der Waals surface area contributed by atoms with E-state index in [0.717, 1.165) is 5.82 Å². The van der Waals surface area contributed by atoms with Gasteiger partial charge in [0.2, 0.25) is 10.0 Å². The number of anilines is 1. The minimum atomic E-state index is -3.67. The molecule has 138 valence electrons. The number of hydroxylamine groups is 1. The number of rotatable bonds is 5. The van der Waals surface area contributed by atoms with Gasteiger partial charge in [0.25, 0.3) is 5.91 Å². The number of nitrogens with zero attached hydrogens (tertiary/aromatic N) is 3. The molecule has 2 heterocycles. The van der Waals surface area contributed by atoms with Gasteiger partial charge >= 0.3 is 0 Å². The van der Waals surface area contributed by atoms with Gasteiger partial charge in [-0.2, -0.15) is 4.31 Å². The van der Waals surface area contributed by atoms with Gasteiger partial charge in [0.1, 0.15) is 5.82 Å². The molecular weight excluding hydrogens is 356 g/mol. The lowest BCUT2D eigenvalue weighted by Crippen LogP contribution is -2.48. The number of benzene rings is 1. The number of nitrogens with one attached hydrogen (secondary N) is 1. The lowest BCUT2D eigenvalue weighted by molar-refractivity contribution is 0.0537. The third-order valence-electron chi connectivity index (χ3n) is 4.14. The number of sulfonamides is 1. The van der Waals surface area contributed by atoms with Crippen LogP contribution >= 0.6 is 0 Å². The highest BCUT2D eigenvalue weighted by molar-refractivity contribution is 7.89. The summed E-state index contributed by atoms with van der Waals surface area (Å²) in [4.78, 5) is 22.9.